The maximum absolute atomic E-state index is 4.90. The molecule has 118 valence electrons. The Morgan fingerprint density at radius 3 is 2.81 bits per heavy atom. The zero-order valence-corrected chi connectivity index (χ0v) is 16.3. The third-order valence-corrected chi connectivity index (χ3v) is 5.76. The summed E-state index contributed by atoms with van der Waals surface area (Å²) >= 11 is 4.38. The number of thioether (sulfide) groups is 1. The summed E-state index contributed by atoms with van der Waals surface area (Å²) in [6.07, 6.45) is 1.10. The van der Waals surface area contributed by atoms with Gasteiger partial charge in [-0.05, 0) is 42.0 Å². The first-order valence-electron chi connectivity index (χ1n) is 7.63. The first-order valence-corrected chi connectivity index (χ1v) is 9.87. The predicted octanol–water partition coefficient (Wildman–Crippen LogP) is 3.75. The van der Waals surface area contributed by atoms with Crippen LogP contribution in [-0.4, -0.2) is 46.5 Å². The zero-order valence-electron chi connectivity index (χ0n) is 13.3. The Balaban J connectivity index is 2.37. The largest absolute Gasteiger partial charge is 0.369 e. The van der Waals surface area contributed by atoms with Crippen LogP contribution in [0.25, 0.3) is 0 Å². The summed E-state index contributed by atoms with van der Waals surface area (Å²) in [6, 6.07) is 0.334. The van der Waals surface area contributed by atoms with Gasteiger partial charge < -0.3 is 5.32 Å². The molecule has 1 aromatic heterocycles. The number of rotatable bonds is 5. The lowest BCUT2D eigenvalue weighted by molar-refractivity contribution is 0.264. The second-order valence-corrected chi connectivity index (χ2v) is 8.01. The summed E-state index contributed by atoms with van der Waals surface area (Å²) in [7, 11) is 2.18. The van der Waals surface area contributed by atoms with E-state index in [2.05, 4.69) is 60.6 Å². The second kappa shape index (κ2) is 7.97. The number of nitrogens with one attached hydrogen (secondary N) is 1. The van der Waals surface area contributed by atoms with E-state index in [-0.39, 0.29) is 0 Å². The van der Waals surface area contributed by atoms with Crippen molar-refractivity contribution in [1.29, 1.82) is 0 Å². The SMILES string of the molecule is CCCNc1nc(C2CSCCN2C)nc(C(C)C)c1I. The van der Waals surface area contributed by atoms with Crippen molar-refractivity contribution in [3.05, 3.63) is 15.1 Å². The van der Waals surface area contributed by atoms with Crippen molar-refractivity contribution in [3.8, 4) is 0 Å². The van der Waals surface area contributed by atoms with Crippen molar-refractivity contribution in [1.82, 2.24) is 14.9 Å². The first-order chi connectivity index (χ1) is 10.0. The van der Waals surface area contributed by atoms with Crippen LogP contribution in [0, 0.1) is 3.57 Å². The lowest BCUT2D eigenvalue weighted by atomic mass is 10.1. The van der Waals surface area contributed by atoms with E-state index in [1.165, 1.54) is 15.0 Å². The van der Waals surface area contributed by atoms with Crippen molar-refractivity contribution in [2.45, 2.75) is 39.2 Å². The molecule has 6 heteroatoms. The molecule has 1 fully saturated rings. The van der Waals surface area contributed by atoms with Crippen LogP contribution < -0.4 is 5.32 Å². The van der Waals surface area contributed by atoms with Gasteiger partial charge in [0, 0.05) is 24.6 Å². The van der Waals surface area contributed by atoms with Gasteiger partial charge in [0.2, 0.25) is 0 Å². The van der Waals surface area contributed by atoms with Gasteiger partial charge in [-0.3, -0.25) is 4.90 Å². The minimum atomic E-state index is 0.334. The van der Waals surface area contributed by atoms with E-state index in [0.29, 0.717) is 12.0 Å². The lowest BCUT2D eigenvalue weighted by Gasteiger charge is -2.31. The molecule has 2 heterocycles. The maximum Gasteiger partial charge on any atom is 0.149 e. The van der Waals surface area contributed by atoms with Crippen LogP contribution in [0.15, 0.2) is 0 Å². The minimum absolute atomic E-state index is 0.334. The number of hydrogen-bond acceptors (Lipinski definition) is 5. The molecule has 1 atom stereocenters. The van der Waals surface area contributed by atoms with E-state index in [1.54, 1.807) is 0 Å². The van der Waals surface area contributed by atoms with Crippen molar-refractivity contribution in [3.63, 3.8) is 0 Å². The summed E-state index contributed by atoms with van der Waals surface area (Å²) in [5, 5.41) is 3.47. The average Bonchev–Trinajstić information content (AvgIpc) is 2.46. The number of halogens is 1. The van der Waals surface area contributed by atoms with Gasteiger partial charge in [0.1, 0.15) is 11.6 Å². The number of anilines is 1. The van der Waals surface area contributed by atoms with Gasteiger partial charge in [-0.2, -0.15) is 11.8 Å². The minimum Gasteiger partial charge on any atom is -0.369 e. The Morgan fingerprint density at radius 2 is 2.19 bits per heavy atom. The van der Waals surface area contributed by atoms with E-state index < -0.39 is 0 Å². The Morgan fingerprint density at radius 1 is 1.43 bits per heavy atom. The molecule has 1 unspecified atom stereocenters. The topological polar surface area (TPSA) is 41.1 Å². The highest BCUT2D eigenvalue weighted by molar-refractivity contribution is 14.1. The van der Waals surface area contributed by atoms with Crippen LogP contribution in [0.5, 0.6) is 0 Å². The molecule has 4 nitrogen and oxygen atoms in total. The van der Waals surface area contributed by atoms with Crippen molar-refractivity contribution < 1.29 is 0 Å². The second-order valence-electron chi connectivity index (χ2n) is 5.78. The smallest absolute Gasteiger partial charge is 0.149 e. The molecule has 1 aliphatic heterocycles. The Kier molecular flexibility index (Phi) is 6.55. The average molecular weight is 420 g/mol. The van der Waals surface area contributed by atoms with Gasteiger partial charge in [-0.15, -0.1) is 0 Å². The van der Waals surface area contributed by atoms with Gasteiger partial charge in [-0.25, -0.2) is 9.97 Å². The number of nitrogens with zero attached hydrogens (tertiary/aromatic N) is 3. The van der Waals surface area contributed by atoms with Gasteiger partial charge in [0.25, 0.3) is 0 Å². The fraction of sp³-hybridized carbons (Fsp3) is 0.733. The quantitative estimate of drug-likeness (QED) is 0.735. The Labute approximate surface area is 146 Å². The molecule has 0 aliphatic carbocycles. The molecule has 0 spiro atoms. The van der Waals surface area contributed by atoms with Gasteiger partial charge in [0.05, 0.1) is 15.3 Å². The van der Waals surface area contributed by atoms with E-state index >= 15 is 0 Å². The summed E-state index contributed by atoms with van der Waals surface area (Å²) in [5.74, 6) is 4.70. The molecular formula is C15H25IN4S. The highest BCUT2D eigenvalue weighted by atomic mass is 127. The molecule has 1 aromatic rings. The fourth-order valence-corrected chi connectivity index (χ4v) is 4.60. The molecular weight excluding hydrogens is 395 g/mol. The third kappa shape index (κ3) is 4.22. The predicted molar refractivity (Wildman–Crippen MR) is 100 cm³/mol. The van der Waals surface area contributed by atoms with E-state index in [1.807, 2.05) is 11.8 Å². The van der Waals surface area contributed by atoms with Crippen LogP contribution in [0.4, 0.5) is 5.82 Å². The highest BCUT2D eigenvalue weighted by Gasteiger charge is 2.26. The van der Waals surface area contributed by atoms with Crippen LogP contribution in [0.3, 0.4) is 0 Å². The molecule has 1 N–H and O–H groups in total. The first kappa shape index (κ1) is 17.3. The fourth-order valence-electron chi connectivity index (χ4n) is 2.33. The van der Waals surface area contributed by atoms with Crippen LogP contribution in [0.1, 0.15) is 50.7 Å². The summed E-state index contributed by atoms with van der Waals surface area (Å²) in [4.78, 5) is 12.1. The van der Waals surface area contributed by atoms with Crippen LogP contribution >= 0.6 is 34.4 Å². The lowest BCUT2D eigenvalue weighted by Crippen LogP contribution is -2.34. The standard InChI is InChI=1S/C15H25IN4S/c1-5-6-17-15-12(16)13(10(2)3)18-14(19-15)11-9-21-8-7-20(11)4/h10-11H,5-9H2,1-4H3,(H,17,18,19). The van der Waals surface area contributed by atoms with Crippen LogP contribution in [0.2, 0.25) is 0 Å². The van der Waals surface area contributed by atoms with E-state index in [0.717, 1.165) is 36.9 Å². The highest BCUT2D eigenvalue weighted by Crippen LogP contribution is 2.31. The Hall–Kier alpha value is -0.0800. The zero-order chi connectivity index (χ0) is 15.4. The van der Waals surface area contributed by atoms with Gasteiger partial charge >= 0.3 is 0 Å². The molecule has 2 rings (SSSR count). The maximum atomic E-state index is 4.90. The third-order valence-electron chi connectivity index (χ3n) is 3.68. The summed E-state index contributed by atoms with van der Waals surface area (Å²) in [6.45, 7) is 8.66. The Bertz CT molecular complexity index is 481. The molecule has 1 saturated heterocycles. The van der Waals surface area contributed by atoms with Crippen molar-refractivity contribution >= 4 is 40.2 Å². The monoisotopic (exact) mass is 420 g/mol. The summed E-state index contributed by atoms with van der Waals surface area (Å²) < 4.78 is 1.17. The molecule has 0 amide bonds. The molecule has 1 aliphatic rings. The van der Waals surface area contributed by atoms with Gasteiger partial charge in [-0.1, -0.05) is 20.8 Å². The number of aromatic nitrogens is 2. The van der Waals surface area contributed by atoms with Gasteiger partial charge in [0.15, 0.2) is 0 Å². The molecule has 0 radical (unpaired) electrons. The van der Waals surface area contributed by atoms with E-state index in [4.69, 9.17) is 9.97 Å². The summed E-state index contributed by atoms with van der Waals surface area (Å²) in [5.41, 5.74) is 1.17. The normalized spacial score (nSPS) is 20.0. The number of hydrogen-bond donors (Lipinski definition) is 1. The van der Waals surface area contributed by atoms with Crippen molar-refractivity contribution in [2.75, 3.05) is 37.0 Å². The van der Waals surface area contributed by atoms with Crippen molar-refractivity contribution in [2.24, 2.45) is 0 Å². The molecule has 0 bridgehead atoms. The van der Waals surface area contributed by atoms with Crippen LogP contribution in [-0.2, 0) is 0 Å². The molecule has 0 saturated carbocycles. The van der Waals surface area contributed by atoms with E-state index in [9.17, 15) is 0 Å². The molecule has 0 aromatic carbocycles. The molecule has 21 heavy (non-hydrogen) atoms.